The number of benzene rings is 1. The lowest BCUT2D eigenvalue weighted by molar-refractivity contribution is -0.117. The summed E-state index contributed by atoms with van der Waals surface area (Å²) < 4.78 is 0. The summed E-state index contributed by atoms with van der Waals surface area (Å²) in [7, 11) is 0. The summed E-state index contributed by atoms with van der Waals surface area (Å²) in [5, 5.41) is 3.22. The van der Waals surface area contributed by atoms with Crippen LogP contribution < -0.4 is 11.1 Å². The Bertz CT molecular complexity index is 414. The number of aryl methyl sites for hydroxylation is 1. The zero-order valence-electron chi connectivity index (χ0n) is 9.08. The molecule has 0 aliphatic carbocycles. The predicted octanol–water partition coefficient (Wildman–Crippen LogP) is 2.51. The summed E-state index contributed by atoms with van der Waals surface area (Å²) in [6, 6.07) is 5.41. The molecule has 3 nitrogen and oxygen atoms in total. The van der Waals surface area contributed by atoms with Crippen LogP contribution >= 0.6 is 23.8 Å². The van der Waals surface area contributed by atoms with Crippen LogP contribution in [0.4, 0.5) is 5.69 Å². The first kappa shape index (κ1) is 12.9. The van der Waals surface area contributed by atoms with Gasteiger partial charge < -0.3 is 11.1 Å². The van der Waals surface area contributed by atoms with E-state index in [0.717, 1.165) is 5.56 Å². The highest BCUT2D eigenvalue weighted by Gasteiger charge is 2.17. The average molecular weight is 257 g/mol. The number of hydrogen-bond acceptors (Lipinski definition) is 2. The van der Waals surface area contributed by atoms with E-state index in [4.69, 9.17) is 29.6 Å². The molecule has 16 heavy (non-hydrogen) atoms. The zero-order chi connectivity index (χ0) is 12.3. The Balaban J connectivity index is 2.89. The minimum absolute atomic E-state index is 0.169. The van der Waals surface area contributed by atoms with E-state index in [9.17, 15) is 4.79 Å². The normalized spacial score (nSPS) is 11.9. The van der Waals surface area contributed by atoms with Gasteiger partial charge in [-0.2, -0.15) is 0 Å². The van der Waals surface area contributed by atoms with Gasteiger partial charge in [-0.1, -0.05) is 36.0 Å². The molecule has 0 aliphatic heterocycles. The summed E-state index contributed by atoms with van der Waals surface area (Å²) in [6.07, 6.45) is 0. The smallest absolute Gasteiger partial charge is 0.234 e. The molecule has 1 aromatic carbocycles. The van der Waals surface area contributed by atoms with Crippen molar-refractivity contribution in [3.05, 3.63) is 28.8 Å². The molecule has 1 unspecified atom stereocenters. The fourth-order valence-corrected chi connectivity index (χ4v) is 1.53. The Hall–Kier alpha value is -1.13. The summed E-state index contributed by atoms with van der Waals surface area (Å²) in [5.74, 6) is -0.755. The molecular formula is C11H13ClN2OS. The molecule has 0 saturated heterocycles. The molecule has 5 heteroatoms. The van der Waals surface area contributed by atoms with Crippen LogP contribution in [0.25, 0.3) is 0 Å². The average Bonchev–Trinajstić information content (AvgIpc) is 2.22. The zero-order valence-corrected chi connectivity index (χ0v) is 10.7. The highest BCUT2D eigenvalue weighted by atomic mass is 35.5. The van der Waals surface area contributed by atoms with Gasteiger partial charge in [0.05, 0.1) is 21.6 Å². The number of halogens is 1. The van der Waals surface area contributed by atoms with Gasteiger partial charge in [0.25, 0.3) is 0 Å². The van der Waals surface area contributed by atoms with Crippen LogP contribution in [-0.4, -0.2) is 10.9 Å². The van der Waals surface area contributed by atoms with Crippen molar-refractivity contribution in [3.8, 4) is 0 Å². The van der Waals surface area contributed by atoms with Gasteiger partial charge in [0, 0.05) is 0 Å². The Morgan fingerprint density at radius 3 is 2.69 bits per heavy atom. The van der Waals surface area contributed by atoms with Crippen LogP contribution in [0, 0.1) is 12.8 Å². The fourth-order valence-electron chi connectivity index (χ4n) is 1.15. The molecule has 0 aromatic heterocycles. The molecule has 0 aliphatic rings. The third-order valence-electron chi connectivity index (χ3n) is 2.29. The number of hydrogen-bond donors (Lipinski definition) is 2. The van der Waals surface area contributed by atoms with Gasteiger partial charge in [0.15, 0.2) is 0 Å². The Morgan fingerprint density at radius 2 is 2.19 bits per heavy atom. The first-order chi connectivity index (χ1) is 7.43. The molecule has 86 valence electrons. The molecule has 0 spiro atoms. The first-order valence-corrected chi connectivity index (χ1v) is 5.57. The number of nitrogens with two attached hydrogens (primary N) is 1. The second-order valence-electron chi connectivity index (χ2n) is 3.55. The number of thiocarbonyl (C=S) groups is 1. The molecular weight excluding hydrogens is 244 g/mol. The molecule has 0 saturated carbocycles. The Labute approximate surface area is 105 Å². The molecule has 0 radical (unpaired) electrons. The van der Waals surface area contributed by atoms with E-state index < -0.39 is 5.92 Å². The lowest BCUT2D eigenvalue weighted by Crippen LogP contribution is -2.31. The number of para-hydroxylation sites is 1. The van der Waals surface area contributed by atoms with Crippen molar-refractivity contribution in [2.45, 2.75) is 13.8 Å². The van der Waals surface area contributed by atoms with Gasteiger partial charge in [-0.3, -0.25) is 4.79 Å². The number of amides is 1. The van der Waals surface area contributed by atoms with Crippen molar-refractivity contribution in [1.82, 2.24) is 0 Å². The first-order valence-electron chi connectivity index (χ1n) is 4.78. The standard InChI is InChI=1S/C11H13ClN2OS/c1-6-4-3-5-8(12)9(6)14-11(15)7(2)10(13)16/h3-5,7H,1-2H3,(H2,13,16)(H,14,15). The largest absolute Gasteiger partial charge is 0.393 e. The van der Waals surface area contributed by atoms with Gasteiger partial charge in [-0.15, -0.1) is 0 Å². The van der Waals surface area contributed by atoms with Gasteiger partial charge in [0.1, 0.15) is 0 Å². The topological polar surface area (TPSA) is 55.1 Å². The number of anilines is 1. The quantitative estimate of drug-likeness (QED) is 0.817. The van der Waals surface area contributed by atoms with E-state index >= 15 is 0 Å². The van der Waals surface area contributed by atoms with Crippen molar-refractivity contribution >= 4 is 40.4 Å². The van der Waals surface area contributed by atoms with Crippen molar-refractivity contribution in [3.63, 3.8) is 0 Å². The van der Waals surface area contributed by atoms with E-state index in [1.807, 2.05) is 19.1 Å². The summed E-state index contributed by atoms with van der Waals surface area (Å²) in [5.41, 5.74) is 6.91. The van der Waals surface area contributed by atoms with Crippen LogP contribution in [0.15, 0.2) is 18.2 Å². The predicted molar refractivity (Wildman–Crippen MR) is 70.8 cm³/mol. The fraction of sp³-hybridized carbons (Fsp3) is 0.273. The third kappa shape index (κ3) is 2.93. The maximum atomic E-state index is 11.7. The highest BCUT2D eigenvalue weighted by Crippen LogP contribution is 2.25. The summed E-state index contributed by atoms with van der Waals surface area (Å²) >= 11 is 10.7. The minimum Gasteiger partial charge on any atom is -0.393 e. The maximum Gasteiger partial charge on any atom is 0.234 e. The van der Waals surface area contributed by atoms with Crippen LogP contribution in [-0.2, 0) is 4.79 Å². The van der Waals surface area contributed by atoms with E-state index in [1.54, 1.807) is 13.0 Å². The lowest BCUT2D eigenvalue weighted by Gasteiger charge is -2.13. The Kier molecular flexibility index (Phi) is 4.26. The lowest BCUT2D eigenvalue weighted by atomic mass is 10.1. The van der Waals surface area contributed by atoms with Gasteiger partial charge in [0.2, 0.25) is 5.91 Å². The molecule has 0 bridgehead atoms. The SMILES string of the molecule is Cc1cccc(Cl)c1NC(=O)C(C)C(N)=S. The van der Waals surface area contributed by atoms with Crippen molar-refractivity contribution in [2.75, 3.05) is 5.32 Å². The second-order valence-corrected chi connectivity index (χ2v) is 4.42. The van der Waals surface area contributed by atoms with Crippen LogP contribution in [0.3, 0.4) is 0 Å². The summed E-state index contributed by atoms with van der Waals surface area (Å²) in [4.78, 5) is 11.9. The maximum absolute atomic E-state index is 11.7. The number of carbonyl (C=O) groups excluding carboxylic acids is 1. The van der Waals surface area contributed by atoms with Gasteiger partial charge >= 0.3 is 0 Å². The minimum atomic E-state index is -0.509. The van der Waals surface area contributed by atoms with Gasteiger partial charge in [-0.05, 0) is 25.5 Å². The van der Waals surface area contributed by atoms with Gasteiger partial charge in [-0.25, -0.2) is 0 Å². The molecule has 1 amide bonds. The van der Waals surface area contributed by atoms with E-state index in [0.29, 0.717) is 10.7 Å². The van der Waals surface area contributed by atoms with Crippen molar-refractivity contribution in [1.29, 1.82) is 0 Å². The number of rotatable bonds is 3. The molecule has 3 N–H and O–H groups in total. The molecule has 1 rings (SSSR count). The van der Waals surface area contributed by atoms with E-state index in [-0.39, 0.29) is 10.9 Å². The number of carbonyl (C=O) groups is 1. The Morgan fingerprint density at radius 1 is 1.56 bits per heavy atom. The molecule has 0 fully saturated rings. The highest BCUT2D eigenvalue weighted by molar-refractivity contribution is 7.80. The van der Waals surface area contributed by atoms with Crippen molar-refractivity contribution in [2.24, 2.45) is 11.7 Å². The van der Waals surface area contributed by atoms with Crippen LogP contribution in [0.5, 0.6) is 0 Å². The summed E-state index contributed by atoms with van der Waals surface area (Å²) in [6.45, 7) is 3.52. The monoisotopic (exact) mass is 256 g/mol. The number of nitrogens with one attached hydrogen (secondary N) is 1. The van der Waals surface area contributed by atoms with Crippen LogP contribution in [0.2, 0.25) is 5.02 Å². The van der Waals surface area contributed by atoms with E-state index in [1.165, 1.54) is 0 Å². The third-order valence-corrected chi connectivity index (χ3v) is 2.96. The molecule has 1 aromatic rings. The van der Waals surface area contributed by atoms with Crippen LogP contribution in [0.1, 0.15) is 12.5 Å². The van der Waals surface area contributed by atoms with Crippen molar-refractivity contribution < 1.29 is 4.79 Å². The molecule has 0 heterocycles. The second kappa shape index (κ2) is 5.27. The van der Waals surface area contributed by atoms with E-state index in [2.05, 4.69) is 5.32 Å². The molecule has 1 atom stereocenters.